The van der Waals surface area contributed by atoms with Gasteiger partial charge in [0, 0.05) is 23.0 Å². The van der Waals surface area contributed by atoms with E-state index < -0.39 is 6.10 Å². The average molecular weight is 186 g/mol. The van der Waals surface area contributed by atoms with Gasteiger partial charge in [-0.05, 0) is 12.0 Å². The van der Waals surface area contributed by atoms with Gasteiger partial charge in [0.25, 0.3) is 0 Å². The summed E-state index contributed by atoms with van der Waals surface area (Å²) in [5, 5.41) is 10.2. The molecule has 0 spiro atoms. The van der Waals surface area contributed by atoms with Crippen LogP contribution in [-0.2, 0) is 0 Å². The molecule has 0 saturated heterocycles. The lowest BCUT2D eigenvalue weighted by Gasteiger charge is -2.15. The number of aromatic nitrogens is 1. The first-order valence-electron chi connectivity index (χ1n) is 3.90. The van der Waals surface area contributed by atoms with E-state index in [-0.39, 0.29) is 5.92 Å². The Balaban J connectivity index is 2.94. The molecule has 0 aliphatic heterocycles. The Morgan fingerprint density at radius 3 is 2.67 bits per heavy atom. The second-order valence-electron chi connectivity index (χ2n) is 3.09. The van der Waals surface area contributed by atoms with Gasteiger partial charge in [0.15, 0.2) is 0 Å². The summed E-state index contributed by atoms with van der Waals surface area (Å²) in [7, 11) is 0. The molecule has 1 heterocycles. The minimum Gasteiger partial charge on any atom is -0.388 e. The highest BCUT2D eigenvalue weighted by atomic mass is 35.5. The Morgan fingerprint density at radius 2 is 2.17 bits per heavy atom. The van der Waals surface area contributed by atoms with E-state index in [0.29, 0.717) is 10.6 Å². The van der Waals surface area contributed by atoms with Crippen molar-refractivity contribution in [2.24, 2.45) is 5.92 Å². The number of nitrogens with zero attached hydrogens (tertiary/aromatic N) is 1. The molecule has 1 rings (SSSR count). The van der Waals surface area contributed by atoms with Gasteiger partial charge in [-0.25, -0.2) is 0 Å². The minimum absolute atomic E-state index is 0.159. The molecule has 1 N–H and O–H groups in total. The molecule has 0 bridgehead atoms. The fraction of sp³-hybridized carbons (Fsp3) is 0.444. The lowest BCUT2D eigenvalue weighted by atomic mass is 10.0. The summed E-state index contributed by atoms with van der Waals surface area (Å²) in [5.41, 5.74) is 0.703. The Bertz CT molecular complexity index is 262. The van der Waals surface area contributed by atoms with Crippen molar-refractivity contribution in [1.82, 2.24) is 4.98 Å². The zero-order chi connectivity index (χ0) is 9.14. The van der Waals surface area contributed by atoms with Crippen molar-refractivity contribution in [2.45, 2.75) is 20.0 Å². The lowest BCUT2D eigenvalue weighted by Crippen LogP contribution is -2.06. The van der Waals surface area contributed by atoms with Crippen molar-refractivity contribution >= 4 is 11.6 Å². The normalized spacial score (nSPS) is 13.4. The van der Waals surface area contributed by atoms with E-state index in [9.17, 15) is 5.11 Å². The van der Waals surface area contributed by atoms with Crippen molar-refractivity contribution in [1.29, 1.82) is 0 Å². The summed E-state index contributed by atoms with van der Waals surface area (Å²) >= 11 is 5.86. The van der Waals surface area contributed by atoms with E-state index in [0.717, 1.165) is 0 Å². The van der Waals surface area contributed by atoms with E-state index in [1.54, 1.807) is 18.5 Å². The summed E-state index contributed by atoms with van der Waals surface area (Å²) in [6, 6.07) is 1.68. The molecule has 1 aromatic heterocycles. The van der Waals surface area contributed by atoms with Gasteiger partial charge in [-0.1, -0.05) is 25.4 Å². The number of aliphatic hydroxyl groups is 1. The Kier molecular flexibility index (Phi) is 3.06. The van der Waals surface area contributed by atoms with E-state index in [2.05, 4.69) is 4.98 Å². The molecule has 0 aliphatic rings. The third-order valence-electron chi connectivity index (χ3n) is 1.75. The average Bonchev–Trinajstić information content (AvgIpc) is 2.04. The van der Waals surface area contributed by atoms with Crippen molar-refractivity contribution in [3.05, 3.63) is 29.0 Å². The smallest absolute Gasteiger partial charge is 0.0842 e. The first kappa shape index (κ1) is 9.49. The van der Waals surface area contributed by atoms with Crippen LogP contribution in [0.2, 0.25) is 5.02 Å². The summed E-state index contributed by atoms with van der Waals surface area (Å²) in [4.78, 5) is 3.90. The summed E-state index contributed by atoms with van der Waals surface area (Å²) in [6.07, 6.45) is 2.69. The quantitative estimate of drug-likeness (QED) is 0.768. The van der Waals surface area contributed by atoms with Crippen LogP contribution < -0.4 is 0 Å². The second kappa shape index (κ2) is 3.87. The van der Waals surface area contributed by atoms with Gasteiger partial charge in [0.2, 0.25) is 0 Å². The SMILES string of the molecule is CC(C)[C@@H](O)c1cnccc1Cl. The van der Waals surface area contributed by atoms with Crippen LogP contribution in [0.5, 0.6) is 0 Å². The zero-order valence-corrected chi connectivity index (χ0v) is 7.92. The van der Waals surface area contributed by atoms with E-state index in [1.807, 2.05) is 13.8 Å². The summed E-state index contributed by atoms with van der Waals surface area (Å²) in [5.74, 6) is 0.159. The van der Waals surface area contributed by atoms with Crippen LogP contribution in [0, 0.1) is 5.92 Å². The summed E-state index contributed by atoms with van der Waals surface area (Å²) in [6.45, 7) is 3.88. The van der Waals surface area contributed by atoms with E-state index >= 15 is 0 Å². The molecule has 0 unspecified atom stereocenters. The number of aliphatic hydroxyl groups excluding tert-OH is 1. The molecule has 66 valence electrons. The third kappa shape index (κ3) is 1.96. The van der Waals surface area contributed by atoms with Crippen molar-refractivity contribution in [2.75, 3.05) is 0 Å². The molecule has 3 heteroatoms. The van der Waals surface area contributed by atoms with Crippen molar-refractivity contribution in [3.63, 3.8) is 0 Å². The van der Waals surface area contributed by atoms with Crippen molar-refractivity contribution < 1.29 is 5.11 Å². The standard InChI is InChI=1S/C9H12ClNO/c1-6(2)9(12)7-5-11-4-3-8(7)10/h3-6,9,12H,1-2H3/t9-/m1/s1. The number of pyridine rings is 1. The fourth-order valence-corrected chi connectivity index (χ4v) is 1.18. The predicted octanol–water partition coefficient (Wildman–Crippen LogP) is 2.42. The highest BCUT2D eigenvalue weighted by Gasteiger charge is 2.14. The Labute approximate surface area is 77.2 Å². The first-order chi connectivity index (χ1) is 5.63. The molecule has 0 aliphatic carbocycles. The lowest BCUT2D eigenvalue weighted by molar-refractivity contribution is 0.126. The molecule has 0 saturated carbocycles. The largest absolute Gasteiger partial charge is 0.388 e. The Hall–Kier alpha value is -0.600. The van der Waals surface area contributed by atoms with Gasteiger partial charge in [0.05, 0.1) is 6.10 Å². The predicted molar refractivity (Wildman–Crippen MR) is 49.0 cm³/mol. The fourth-order valence-electron chi connectivity index (χ4n) is 0.966. The van der Waals surface area contributed by atoms with Gasteiger partial charge in [-0.15, -0.1) is 0 Å². The van der Waals surface area contributed by atoms with E-state index in [1.165, 1.54) is 0 Å². The number of halogens is 1. The molecule has 2 nitrogen and oxygen atoms in total. The molecular formula is C9H12ClNO. The van der Waals surface area contributed by atoms with Gasteiger partial charge < -0.3 is 5.11 Å². The van der Waals surface area contributed by atoms with Gasteiger partial charge in [-0.3, -0.25) is 4.98 Å². The Morgan fingerprint density at radius 1 is 1.50 bits per heavy atom. The maximum Gasteiger partial charge on any atom is 0.0842 e. The highest BCUT2D eigenvalue weighted by Crippen LogP contribution is 2.26. The van der Waals surface area contributed by atoms with Crippen LogP contribution in [0.4, 0.5) is 0 Å². The van der Waals surface area contributed by atoms with Gasteiger partial charge in [-0.2, -0.15) is 0 Å². The number of hydrogen-bond donors (Lipinski definition) is 1. The molecule has 0 amide bonds. The molecule has 0 fully saturated rings. The zero-order valence-electron chi connectivity index (χ0n) is 7.16. The molecule has 0 radical (unpaired) electrons. The van der Waals surface area contributed by atoms with Gasteiger partial charge in [0.1, 0.15) is 0 Å². The van der Waals surface area contributed by atoms with Crippen LogP contribution >= 0.6 is 11.6 Å². The highest BCUT2D eigenvalue weighted by molar-refractivity contribution is 6.31. The molecule has 0 aromatic carbocycles. The molecular weight excluding hydrogens is 174 g/mol. The molecule has 12 heavy (non-hydrogen) atoms. The van der Waals surface area contributed by atoms with Gasteiger partial charge >= 0.3 is 0 Å². The van der Waals surface area contributed by atoms with Crippen molar-refractivity contribution in [3.8, 4) is 0 Å². The molecule has 1 aromatic rings. The van der Waals surface area contributed by atoms with Crippen LogP contribution in [0.25, 0.3) is 0 Å². The maximum absolute atomic E-state index is 9.65. The van der Waals surface area contributed by atoms with Crippen LogP contribution in [0.1, 0.15) is 25.5 Å². The maximum atomic E-state index is 9.65. The number of rotatable bonds is 2. The first-order valence-corrected chi connectivity index (χ1v) is 4.28. The number of hydrogen-bond acceptors (Lipinski definition) is 2. The van der Waals surface area contributed by atoms with E-state index in [4.69, 9.17) is 11.6 Å². The molecule has 1 atom stereocenters. The van der Waals surface area contributed by atoms with Crippen LogP contribution in [0.15, 0.2) is 18.5 Å². The summed E-state index contributed by atoms with van der Waals surface area (Å²) < 4.78 is 0. The van der Waals surface area contributed by atoms with Crippen LogP contribution in [-0.4, -0.2) is 10.1 Å². The topological polar surface area (TPSA) is 33.1 Å². The van der Waals surface area contributed by atoms with Crippen LogP contribution in [0.3, 0.4) is 0 Å². The minimum atomic E-state index is -0.522. The third-order valence-corrected chi connectivity index (χ3v) is 2.09. The monoisotopic (exact) mass is 185 g/mol. The second-order valence-corrected chi connectivity index (χ2v) is 3.49.